The number of nitrogens with zero attached hydrogens (tertiary/aromatic N) is 2. The van der Waals surface area contributed by atoms with Crippen molar-refractivity contribution in [3.05, 3.63) is 29.1 Å². The summed E-state index contributed by atoms with van der Waals surface area (Å²) in [6.07, 6.45) is 0.837. The monoisotopic (exact) mass is 203 g/mol. The number of aryl methyl sites for hydroxylation is 3. The third-order valence-corrected chi connectivity index (χ3v) is 2.96. The van der Waals surface area contributed by atoms with Crippen LogP contribution in [0.3, 0.4) is 0 Å². The van der Waals surface area contributed by atoms with E-state index in [0.29, 0.717) is 6.54 Å². The van der Waals surface area contributed by atoms with Crippen LogP contribution in [0.4, 0.5) is 0 Å². The Kier molecular flexibility index (Phi) is 2.49. The number of benzene rings is 1. The summed E-state index contributed by atoms with van der Waals surface area (Å²) in [6, 6.07) is 4.34. The van der Waals surface area contributed by atoms with Crippen LogP contribution in [0.5, 0.6) is 0 Å². The van der Waals surface area contributed by atoms with E-state index >= 15 is 0 Å². The molecule has 1 aromatic carbocycles. The molecule has 2 aromatic rings. The van der Waals surface area contributed by atoms with Crippen molar-refractivity contribution >= 4 is 11.0 Å². The topological polar surface area (TPSA) is 43.8 Å². The number of rotatable bonds is 2. The summed E-state index contributed by atoms with van der Waals surface area (Å²) in [6.45, 7) is 4.89. The second-order valence-electron chi connectivity index (χ2n) is 4.05. The first-order valence-corrected chi connectivity index (χ1v) is 5.26. The maximum atomic E-state index is 5.56. The predicted octanol–water partition coefficient (Wildman–Crippen LogP) is 1.69. The molecule has 0 fully saturated rings. The molecule has 0 saturated carbocycles. The smallest absolute Gasteiger partial charge is 0.110 e. The van der Waals surface area contributed by atoms with E-state index in [9.17, 15) is 0 Å². The third kappa shape index (κ3) is 1.63. The van der Waals surface area contributed by atoms with Crippen LogP contribution in [0.1, 0.15) is 17.0 Å². The molecule has 2 rings (SSSR count). The van der Waals surface area contributed by atoms with Gasteiger partial charge in [-0.2, -0.15) is 0 Å². The molecule has 0 radical (unpaired) electrons. The fraction of sp³-hybridized carbons (Fsp3) is 0.417. The Bertz CT molecular complexity index is 497. The molecule has 2 N–H and O–H groups in total. The van der Waals surface area contributed by atoms with E-state index in [0.717, 1.165) is 17.8 Å². The lowest BCUT2D eigenvalue weighted by Gasteiger charge is -2.02. The highest BCUT2D eigenvalue weighted by atomic mass is 15.1. The van der Waals surface area contributed by atoms with Crippen LogP contribution in [0.25, 0.3) is 11.0 Å². The van der Waals surface area contributed by atoms with Gasteiger partial charge in [0, 0.05) is 13.5 Å². The lowest BCUT2D eigenvalue weighted by Crippen LogP contribution is -2.07. The Morgan fingerprint density at radius 2 is 1.93 bits per heavy atom. The van der Waals surface area contributed by atoms with Crippen molar-refractivity contribution in [2.24, 2.45) is 12.8 Å². The molecule has 1 heterocycles. The average Bonchev–Trinajstić information content (AvgIpc) is 2.47. The molecule has 0 unspecified atom stereocenters. The van der Waals surface area contributed by atoms with Gasteiger partial charge in [0.15, 0.2) is 0 Å². The minimum absolute atomic E-state index is 0.648. The molecular weight excluding hydrogens is 186 g/mol. The number of hydrogen-bond donors (Lipinski definition) is 1. The van der Waals surface area contributed by atoms with Gasteiger partial charge in [0.25, 0.3) is 0 Å². The molecule has 3 heteroatoms. The molecule has 0 aliphatic carbocycles. The first-order chi connectivity index (χ1) is 7.13. The Hall–Kier alpha value is -1.35. The first-order valence-electron chi connectivity index (χ1n) is 5.26. The van der Waals surface area contributed by atoms with Crippen LogP contribution in [0.15, 0.2) is 12.1 Å². The summed E-state index contributed by atoms with van der Waals surface area (Å²) >= 11 is 0. The van der Waals surface area contributed by atoms with Gasteiger partial charge in [-0.15, -0.1) is 0 Å². The van der Waals surface area contributed by atoms with Crippen LogP contribution in [0.2, 0.25) is 0 Å². The highest BCUT2D eigenvalue weighted by molar-refractivity contribution is 5.78. The summed E-state index contributed by atoms with van der Waals surface area (Å²) in [7, 11) is 2.05. The Morgan fingerprint density at radius 3 is 2.60 bits per heavy atom. The minimum atomic E-state index is 0.648. The molecular formula is C12H17N3. The molecule has 0 atom stereocenters. The number of imidazole rings is 1. The molecule has 80 valence electrons. The van der Waals surface area contributed by atoms with Crippen molar-refractivity contribution in [2.75, 3.05) is 6.54 Å². The molecule has 0 spiro atoms. The van der Waals surface area contributed by atoms with Crippen molar-refractivity contribution < 1.29 is 0 Å². The second-order valence-corrected chi connectivity index (χ2v) is 4.05. The van der Waals surface area contributed by atoms with Crippen molar-refractivity contribution in [3.63, 3.8) is 0 Å². The molecule has 15 heavy (non-hydrogen) atoms. The Labute approximate surface area is 89.9 Å². The first kappa shape index (κ1) is 10.2. The highest BCUT2D eigenvalue weighted by Crippen LogP contribution is 2.19. The van der Waals surface area contributed by atoms with Gasteiger partial charge >= 0.3 is 0 Å². The SMILES string of the molecule is Cc1cc2nc(CCN)n(C)c2cc1C. The van der Waals surface area contributed by atoms with Gasteiger partial charge in [-0.25, -0.2) is 4.98 Å². The van der Waals surface area contributed by atoms with Crippen LogP contribution in [0, 0.1) is 13.8 Å². The highest BCUT2D eigenvalue weighted by Gasteiger charge is 2.07. The minimum Gasteiger partial charge on any atom is -0.331 e. The number of aromatic nitrogens is 2. The standard InChI is InChI=1S/C12H17N3/c1-8-6-10-11(7-9(8)2)15(3)12(14-10)4-5-13/h6-7H,4-5,13H2,1-3H3. The normalized spacial score (nSPS) is 11.2. The van der Waals surface area contributed by atoms with Crippen LogP contribution >= 0.6 is 0 Å². The van der Waals surface area contributed by atoms with Crippen LogP contribution < -0.4 is 5.73 Å². The molecule has 1 aromatic heterocycles. The molecule has 0 aliphatic heterocycles. The lowest BCUT2D eigenvalue weighted by molar-refractivity contribution is 0.794. The van der Waals surface area contributed by atoms with E-state index in [1.807, 2.05) is 0 Å². The van der Waals surface area contributed by atoms with Crippen molar-refractivity contribution in [1.29, 1.82) is 0 Å². The molecule has 0 bridgehead atoms. The third-order valence-electron chi connectivity index (χ3n) is 2.96. The molecule has 0 amide bonds. The van der Waals surface area contributed by atoms with E-state index in [-0.39, 0.29) is 0 Å². The zero-order valence-electron chi connectivity index (χ0n) is 9.54. The van der Waals surface area contributed by atoms with Gasteiger partial charge in [-0.1, -0.05) is 0 Å². The van der Waals surface area contributed by atoms with E-state index < -0.39 is 0 Å². The molecule has 3 nitrogen and oxygen atoms in total. The molecule has 0 aliphatic rings. The Morgan fingerprint density at radius 1 is 1.27 bits per heavy atom. The second kappa shape index (κ2) is 3.66. The zero-order valence-corrected chi connectivity index (χ0v) is 9.54. The van der Waals surface area contributed by atoms with E-state index in [1.54, 1.807) is 0 Å². The summed E-state index contributed by atoms with van der Waals surface area (Å²) in [4.78, 5) is 4.59. The zero-order chi connectivity index (χ0) is 11.0. The van der Waals surface area contributed by atoms with Gasteiger partial charge in [-0.3, -0.25) is 0 Å². The largest absolute Gasteiger partial charge is 0.331 e. The summed E-state index contributed by atoms with van der Waals surface area (Å²) in [5, 5.41) is 0. The van der Waals surface area contributed by atoms with Crippen molar-refractivity contribution in [2.45, 2.75) is 20.3 Å². The van der Waals surface area contributed by atoms with Gasteiger partial charge in [0.2, 0.25) is 0 Å². The van der Waals surface area contributed by atoms with Gasteiger partial charge < -0.3 is 10.3 Å². The van der Waals surface area contributed by atoms with E-state index in [2.05, 4.69) is 42.6 Å². The van der Waals surface area contributed by atoms with Crippen LogP contribution in [-0.2, 0) is 13.5 Å². The summed E-state index contributed by atoms with van der Waals surface area (Å²) in [5.74, 6) is 1.07. The maximum absolute atomic E-state index is 5.56. The fourth-order valence-electron chi connectivity index (χ4n) is 1.85. The van der Waals surface area contributed by atoms with E-state index in [4.69, 9.17) is 5.73 Å². The van der Waals surface area contributed by atoms with Gasteiger partial charge in [-0.05, 0) is 43.7 Å². The quantitative estimate of drug-likeness (QED) is 0.807. The lowest BCUT2D eigenvalue weighted by atomic mass is 10.1. The summed E-state index contributed by atoms with van der Waals surface area (Å²) in [5.41, 5.74) is 10.4. The summed E-state index contributed by atoms with van der Waals surface area (Å²) < 4.78 is 2.13. The number of nitrogens with two attached hydrogens (primary N) is 1. The number of hydrogen-bond acceptors (Lipinski definition) is 2. The fourth-order valence-corrected chi connectivity index (χ4v) is 1.85. The van der Waals surface area contributed by atoms with Crippen molar-refractivity contribution in [1.82, 2.24) is 9.55 Å². The molecule has 0 saturated heterocycles. The van der Waals surface area contributed by atoms with Crippen LogP contribution in [-0.4, -0.2) is 16.1 Å². The van der Waals surface area contributed by atoms with Gasteiger partial charge in [0.05, 0.1) is 11.0 Å². The van der Waals surface area contributed by atoms with Gasteiger partial charge in [0.1, 0.15) is 5.82 Å². The Balaban J connectivity index is 2.66. The number of fused-ring (bicyclic) bond motifs is 1. The predicted molar refractivity (Wildman–Crippen MR) is 62.9 cm³/mol. The van der Waals surface area contributed by atoms with E-state index in [1.165, 1.54) is 16.6 Å². The maximum Gasteiger partial charge on any atom is 0.110 e. The van der Waals surface area contributed by atoms with Crippen molar-refractivity contribution in [3.8, 4) is 0 Å². The average molecular weight is 203 g/mol.